The van der Waals surface area contributed by atoms with Crippen molar-refractivity contribution in [2.75, 3.05) is 20.3 Å². The van der Waals surface area contributed by atoms with Gasteiger partial charge >= 0.3 is 0 Å². The van der Waals surface area contributed by atoms with E-state index in [9.17, 15) is 0 Å². The molecule has 2 aliphatic rings. The summed E-state index contributed by atoms with van der Waals surface area (Å²) in [6.07, 6.45) is 3.88. The normalized spacial score (nSPS) is 25.4. The van der Waals surface area contributed by atoms with Crippen LogP contribution in [-0.2, 0) is 4.74 Å². The molecule has 1 aliphatic heterocycles. The Morgan fingerprint density at radius 3 is 2.45 bits per heavy atom. The molecule has 3 nitrogen and oxygen atoms in total. The van der Waals surface area contributed by atoms with Gasteiger partial charge in [0.25, 0.3) is 0 Å². The topological polar surface area (TPSA) is 30.5 Å². The second-order valence-corrected chi connectivity index (χ2v) is 6.17. The van der Waals surface area contributed by atoms with E-state index in [1.807, 2.05) is 0 Å². The molecule has 0 radical (unpaired) electrons. The van der Waals surface area contributed by atoms with Gasteiger partial charge in [-0.25, -0.2) is 0 Å². The van der Waals surface area contributed by atoms with Crippen LogP contribution in [0, 0.1) is 11.8 Å². The van der Waals surface area contributed by atoms with Crippen LogP contribution in [0.25, 0.3) is 0 Å². The second-order valence-electron chi connectivity index (χ2n) is 6.17. The van der Waals surface area contributed by atoms with Gasteiger partial charge in [-0.1, -0.05) is 12.1 Å². The van der Waals surface area contributed by atoms with Crippen molar-refractivity contribution in [3.63, 3.8) is 0 Å². The fraction of sp³-hybridized carbons (Fsp3) is 0.647. The van der Waals surface area contributed by atoms with Crippen molar-refractivity contribution in [1.82, 2.24) is 5.32 Å². The minimum atomic E-state index is 0.483. The summed E-state index contributed by atoms with van der Waals surface area (Å²) in [5.74, 6) is 2.39. The van der Waals surface area contributed by atoms with Crippen LogP contribution >= 0.6 is 0 Å². The van der Waals surface area contributed by atoms with Crippen LogP contribution in [0.2, 0.25) is 0 Å². The molecular weight excluding hydrogens is 250 g/mol. The van der Waals surface area contributed by atoms with Crippen molar-refractivity contribution in [2.45, 2.75) is 38.3 Å². The molecule has 1 aliphatic carbocycles. The van der Waals surface area contributed by atoms with Gasteiger partial charge in [0.2, 0.25) is 0 Å². The van der Waals surface area contributed by atoms with Crippen molar-refractivity contribution >= 4 is 0 Å². The molecule has 1 aromatic carbocycles. The number of methoxy groups -OCH3 is 1. The van der Waals surface area contributed by atoms with E-state index >= 15 is 0 Å². The summed E-state index contributed by atoms with van der Waals surface area (Å²) >= 11 is 0. The largest absolute Gasteiger partial charge is 0.497 e. The highest BCUT2D eigenvalue weighted by Gasteiger charge is 2.34. The van der Waals surface area contributed by atoms with E-state index in [1.54, 1.807) is 7.11 Å². The molecule has 3 rings (SSSR count). The third-order valence-electron chi connectivity index (χ3n) is 4.68. The third-order valence-corrected chi connectivity index (χ3v) is 4.68. The summed E-state index contributed by atoms with van der Waals surface area (Å²) in [5, 5.41) is 3.85. The third kappa shape index (κ3) is 3.15. The van der Waals surface area contributed by atoms with E-state index in [1.165, 1.54) is 24.8 Å². The van der Waals surface area contributed by atoms with Gasteiger partial charge in [-0.2, -0.15) is 0 Å². The Morgan fingerprint density at radius 2 is 1.90 bits per heavy atom. The fourth-order valence-electron chi connectivity index (χ4n) is 3.11. The highest BCUT2D eigenvalue weighted by atomic mass is 16.5. The minimum absolute atomic E-state index is 0.483. The quantitative estimate of drug-likeness (QED) is 0.865. The maximum absolute atomic E-state index is 5.52. The molecule has 0 aromatic heterocycles. The molecule has 0 amide bonds. The van der Waals surface area contributed by atoms with Crippen LogP contribution in [0.5, 0.6) is 5.75 Å². The lowest BCUT2D eigenvalue weighted by molar-refractivity contribution is 0.175. The van der Waals surface area contributed by atoms with Gasteiger partial charge in [-0.3, -0.25) is 0 Å². The van der Waals surface area contributed by atoms with Crippen LogP contribution in [0.1, 0.15) is 37.8 Å². The van der Waals surface area contributed by atoms with E-state index in [0.717, 1.165) is 24.9 Å². The Bertz CT molecular complexity index is 421. The first-order valence-electron chi connectivity index (χ1n) is 7.75. The van der Waals surface area contributed by atoms with E-state index in [2.05, 4.69) is 36.5 Å². The van der Waals surface area contributed by atoms with E-state index in [4.69, 9.17) is 9.47 Å². The number of benzene rings is 1. The van der Waals surface area contributed by atoms with Crippen LogP contribution in [0.15, 0.2) is 24.3 Å². The standard InChI is InChI=1S/C17H25NO2/c1-12(15-9-10-20-11-15)18-17(13-3-4-13)14-5-7-16(19-2)8-6-14/h5-8,12-13,15,17-18H,3-4,9-11H2,1-2H3. The van der Waals surface area contributed by atoms with Crippen molar-refractivity contribution < 1.29 is 9.47 Å². The minimum Gasteiger partial charge on any atom is -0.497 e. The monoisotopic (exact) mass is 275 g/mol. The molecule has 0 spiro atoms. The van der Waals surface area contributed by atoms with E-state index in [0.29, 0.717) is 18.0 Å². The van der Waals surface area contributed by atoms with Gasteiger partial charge in [0.05, 0.1) is 13.7 Å². The van der Waals surface area contributed by atoms with Crippen LogP contribution < -0.4 is 10.1 Å². The molecule has 1 aromatic rings. The number of ether oxygens (including phenoxy) is 2. The Kier molecular flexibility index (Phi) is 4.27. The van der Waals surface area contributed by atoms with E-state index in [-0.39, 0.29) is 0 Å². The number of nitrogens with one attached hydrogen (secondary N) is 1. The van der Waals surface area contributed by atoms with Gasteiger partial charge in [-0.15, -0.1) is 0 Å². The zero-order chi connectivity index (χ0) is 13.9. The fourth-order valence-corrected chi connectivity index (χ4v) is 3.11. The van der Waals surface area contributed by atoms with E-state index < -0.39 is 0 Å². The zero-order valence-corrected chi connectivity index (χ0v) is 12.5. The van der Waals surface area contributed by atoms with Crippen LogP contribution in [0.3, 0.4) is 0 Å². The summed E-state index contributed by atoms with van der Waals surface area (Å²) in [6, 6.07) is 9.53. The highest BCUT2D eigenvalue weighted by Crippen LogP contribution is 2.42. The van der Waals surface area contributed by atoms with Gasteiger partial charge in [-0.05, 0) is 55.7 Å². The number of hydrogen-bond acceptors (Lipinski definition) is 3. The molecule has 3 unspecified atom stereocenters. The first-order valence-corrected chi connectivity index (χ1v) is 7.75. The molecule has 110 valence electrons. The Morgan fingerprint density at radius 1 is 1.15 bits per heavy atom. The first kappa shape index (κ1) is 13.9. The predicted octanol–water partition coefficient (Wildman–Crippen LogP) is 3.16. The maximum atomic E-state index is 5.52. The molecule has 1 saturated carbocycles. The summed E-state index contributed by atoms with van der Waals surface area (Å²) in [7, 11) is 1.72. The van der Waals surface area contributed by atoms with Gasteiger partial charge in [0, 0.05) is 18.7 Å². The van der Waals surface area contributed by atoms with Crippen molar-refractivity contribution in [1.29, 1.82) is 0 Å². The molecule has 3 heteroatoms. The lowest BCUT2D eigenvalue weighted by atomic mass is 9.96. The highest BCUT2D eigenvalue weighted by molar-refractivity contribution is 5.30. The molecule has 20 heavy (non-hydrogen) atoms. The summed E-state index contributed by atoms with van der Waals surface area (Å²) in [6.45, 7) is 4.14. The Hall–Kier alpha value is -1.06. The molecule has 2 fully saturated rings. The number of hydrogen-bond donors (Lipinski definition) is 1. The lowest BCUT2D eigenvalue weighted by Crippen LogP contribution is -2.37. The molecule has 0 bridgehead atoms. The predicted molar refractivity (Wildman–Crippen MR) is 80.0 cm³/mol. The molecule has 1 saturated heterocycles. The van der Waals surface area contributed by atoms with Crippen molar-refractivity contribution in [2.24, 2.45) is 11.8 Å². The molecule has 1 N–H and O–H groups in total. The summed E-state index contributed by atoms with van der Waals surface area (Å²) < 4.78 is 10.8. The summed E-state index contributed by atoms with van der Waals surface area (Å²) in [4.78, 5) is 0. The smallest absolute Gasteiger partial charge is 0.118 e. The van der Waals surface area contributed by atoms with Crippen LogP contribution in [-0.4, -0.2) is 26.4 Å². The maximum Gasteiger partial charge on any atom is 0.118 e. The van der Waals surface area contributed by atoms with Crippen molar-refractivity contribution in [3.8, 4) is 5.75 Å². The SMILES string of the molecule is COc1ccc(C(NC(C)C2CCOC2)C2CC2)cc1. The lowest BCUT2D eigenvalue weighted by Gasteiger charge is -2.27. The number of rotatable bonds is 6. The Labute approximate surface area is 121 Å². The molecular formula is C17H25NO2. The zero-order valence-electron chi connectivity index (χ0n) is 12.5. The van der Waals surface area contributed by atoms with Gasteiger partial charge < -0.3 is 14.8 Å². The second kappa shape index (κ2) is 6.15. The first-order chi connectivity index (χ1) is 9.78. The van der Waals surface area contributed by atoms with Gasteiger partial charge in [0.1, 0.15) is 5.75 Å². The Balaban J connectivity index is 1.68. The summed E-state index contributed by atoms with van der Waals surface area (Å²) in [5.41, 5.74) is 1.39. The molecule has 1 heterocycles. The molecule has 3 atom stereocenters. The average molecular weight is 275 g/mol. The average Bonchev–Trinajstić information content (AvgIpc) is 3.17. The van der Waals surface area contributed by atoms with Gasteiger partial charge in [0.15, 0.2) is 0 Å². The van der Waals surface area contributed by atoms with Crippen molar-refractivity contribution in [3.05, 3.63) is 29.8 Å². The van der Waals surface area contributed by atoms with Crippen LogP contribution in [0.4, 0.5) is 0 Å².